The summed E-state index contributed by atoms with van der Waals surface area (Å²) in [6.07, 6.45) is 4.21. The molecule has 20 heavy (non-hydrogen) atoms. The van der Waals surface area contributed by atoms with Crippen LogP contribution in [0, 0.1) is 0 Å². The second kappa shape index (κ2) is 5.28. The highest BCUT2D eigenvalue weighted by atomic mass is 79.9. The van der Waals surface area contributed by atoms with Crippen molar-refractivity contribution in [1.82, 2.24) is 14.9 Å². The number of fused-ring (bicyclic) bond motifs is 1. The predicted molar refractivity (Wildman–Crippen MR) is 77.7 cm³/mol. The van der Waals surface area contributed by atoms with Crippen molar-refractivity contribution >= 4 is 21.8 Å². The van der Waals surface area contributed by atoms with Gasteiger partial charge in [-0.05, 0) is 17.7 Å². The van der Waals surface area contributed by atoms with Crippen LogP contribution < -0.4 is 10.1 Å². The number of halogens is 1. The third-order valence-electron chi connectivity index (χ3n) is 3.20. The number of rotatable bonds is 3. The van der Waals surface area contributed by atoms with E-state index in [4.69, 9.17) is 4.74 Å². The molecule has 0 fully saturated rings. The van der Waals surface area contributed by atoms with E-state index in [0.29, 0.717) is 18.8 Å². The minimum absolute atomic E-state index is 0.183. The molecule has 0 spiro atoms. The molecule has 0 unspecified atom stereocenters. The summed E-state index contributed by atoms with van der Waals surface area (Å²) in [7, 11) is 1.83. The van der Waals surface area contributed by atoms with Gasteiger partial charge in [0, 0.05) is 36.2 Å². The lowest BCUT2D eigenvalue weighted by molar-refractivity contribution is 0.0946. The first-order chi connectivity index (χ1) is 9.63. The molecule has 1 aliphatic heterocycles. The lowest BCUT2D eigenvalue weighted by atomic mass is 10.1. The SMILES string of the molecule is Cn1cnc(C(=O)NCc2cc(Br)cc3c2OCC3)c1. The van der Waals surface area contributed by atoms with Gasteiger partial charge < -0.3 is 14.6 Å². The highest BCUT2D eigenvalue weighted by Gasteiger charge is 2.18. The van der Waals surface area contributed by atoms with E-state index >= 15 is 0 Å². The Hall–Kier alpha value is -1.82. The van der Waals surface area contributed by atoms with Crippen molar-refractivity contribution < 1.29 is 9.53 Å². The number of ether oxygens (including phenoxy) is 1. The quantitative estimate of drug-likeness (QED) is 0.933. The maximum atomic E-state index is 12.0. The zero-order valence-corrected chi connectivity index (χ0v) is 12.6. The first kappa shape index (κ1) is 13.2. The first-order valence-electron chi connectivity index (χ1n) is 6.34. The molecule has 2 heterocycles. The zero-order valence-electron chi connectivity index (χ0n) is 11.0. The number of amides is 1. The highest BCUT2D eigenvalue weighted by molar-refractivity contribution is 9.10. The van der Waals surface area contributed by atoms with Gasteiger partial charge in [-0.2, -0.15) is 0 Å². The van der Waals surface area contributed by atoms with Crippen molar-refractivity contribution in [1.29, 1.82) is 0 Å². The number of aromatic nitrogens is 2. The summed E-state index contributed by atoms with van der Waals surface area (Å²) < 4.78 is 8.38. The Morgan fingerprint density at radius 2 is 2.40 bits per heavy atom. The Balaban J connectivity index is 1.74. The van der Waals surface area contributed by atoms with Crippen LogP contribution in [0.5, 0.6) is 5.75 Å². The van der Waals surface area contributed by atoms with Crippen molar-refractivity contribution in [2.45, 2.75) is 13.0 Å². The third-order valence-corrected chi connectivity index (χ3v) is 3.66. The average molecular weight is 336 g/mol. The number of hydrogen-bond acceptors (Lipinski definition) is 3. The third kappa shape index (κ3) is 2.56. The van der Waals surface area contributed by atoms with E-state index in [1.54, 1.807) is 17.1 Å². The van der Waals surface area contributed by atoms with Crippen molar-refractivity contribution in [2.75, 3.05) is 6.61 Å². The van der Waals surface area contributed by atoms with Crippen molar-refractivity contribution in [3.8, 4) is 5.75 Å². The van der Waals surface area contributed by atoms with Gasteiger partial charge >= 0.3 is 0 Å². The van der Waals surface area contributed by atoms with Gasteiger partial charge in [0.15, 0.2) is 0 Å². The smallest absolute Gasteiger partial charge is 0.271 e. The lowest BCUT2D eigenvalue weighted by Gasteiger charge is -2.09. The maximum Gasteiger partial charge on any atom is 0.271 e. The van der Waals surface area contributed by atoms with Crippen LogP contribution in [0.3, 0.4) is 0 Å². The molecule has 0 atom stereocenters. The Morgan fingerprint density at radius 3 is 3.15 bits per heavy atom. The van der Waals surface area contributed by atoms with E-state index in [0.717, 1.165) is 22.2 Å². The molecule has 104 valence electrons. The van der Waals surface area contributed by atoms with Crippen LogP contribution in [0.4, 0.5) is 0 Å². The van der Waals surface area contributed by atoms with E-state index in [1.165, 1.54) is 5.56 Å². The van der Waals surface area contributed by atoms with E-state index in [2.05, 4.69) is 32.3 Å². The van der Waals surface area contributed by atoms with Gasteiger partial charge in [0.1, 0.15) is 11.4 Å². The topological polar surface area (TPSA) is 56.2 Å². The molecule has 1 aliphatic rings. The van der Waals surface area contributed by atoms with Gasteiger partial charge in [-0.1, -0.05) is 15.9 Å². The summed E-state index contributed by atoms with van der Waals surface area (Å²) in [4.78, 5) is 16.0. The second-order valence-electron chi connectivity index (χ2n) is 4.76. The molecular weight excluding hydrogens is 322 g/mol. The number of aryl methyl sites for hydroxylation is 1. The summed E-state index contributed by atoms with van der Waals surface area (Å²) in [5.74, 6) is 0.715. The first-order valence-corrected chi connectivity index (χ1v) is 7.13. The van der Waals surface area contributed by atoms with Gasteiger partial charge in [-0.15, -0.1) is 0 Å². The highest BCUT2D eigenvalue weighted by Crippen LogP contribution is 2.32. The zero-order chi connectivity index (χ0) is 14.1. The molecule has 3 rings (SSSR count). The van der Waals surface area contributed by atoms with Crippen LogP contribution in [0.25, 0.3) is 0 Å². The van der Waals surface area contributed by atoms with Gasteiger partial charge in [0.2, 0.25) is 0 Å². The molecule has 0 bridgehead atoms. The normalized spacial score (nSPS) is 12.9. The number of nitrogens with zero attached hydrogens (tertiary/aromatic N) is 2. The summed E-state index contributed by atoms with van der Waals surface area (Å²) in [6, 6.07) is 4.04. The fraction of sp³-hybridized carbons (Fsp3) is 0.286. The fourth-order valence-corrected chi connectivity index (χ4v) is 2.83. The van der Waals surface area contributed by atoms with E-state index in [1.807, 2.05) is 13.1 Å². The molecule has 6 heteroatoms. The van der Waals surface area contributed by atoms with E-state index in [-0.39, 0.29) is 5.91 Å². The molecule has 1 aromatic heterocycles. The molecule has 2 aromatic rings. The number of hydrogen-bond donors (Lipinski definition) is 1. The van der Waals surface area contributed by atoms with Crippen LogP contribution in [-0.2, 0) is 20.0 Å². The predicted octanol–water partition coefficient (Wildman–Crippen LogP) is 2.05. The summed E-state index contributed by atoms with van der Waals surface area (Å²) >= 11 is 3.49. The number of carbonyl (C=O) groups is 1. The molecule has 1 aromatic carbocycles. The lowest BCUT2D eigenvalue weighted by Crippen LogP contribution is -2.23. The molecule has 0 saturated carbocycles. The van der Waals surface area contributed by atoms with Crippen LogP contribution in [0.2, 0.25) is 0 Å². The van der Waals surface area contributed by atoms with E-state index < -0.39 is 0 Å². The molecule has 1 N–H and O–H groups in total. The van der Waals surface area contributed by atoms with Crippen LogP contribution in [-0.4, -0.2) is 22.1 Å². The Bertz CT molecular complexity index is 666. The Morgan fingerprint density at radius 1 is 1.55 bits per heavy atom. The fourth-order valence-electron chi connectivity index (χ4n) is 2.27. The van der Waals surface area contributed by atoms with Crippen molar-refractivity contribution in [3.05, 3.63) is 46.0 Å². The monoisotopic (exact) mass is 335 g/mol. The number of imidazole rings is 1. The minimum Gasteiger partial charge on any atom is -0.493 e. The molecule has 0 aliphatic carbocycles. The van der Waals surface area contributed by atoms with Gasteiger partial charge in [-0.25, -0.2) is 4.98 Å². The molecule has 0 saturated heterocycles. The number of benzene rings is 1. The van der Waals surface area contributed by atoms with Crippen molar-refractivity contribution in [2.24, 2.45) is 7.05 Å². The van der Waals surface area contributed by atoms with E-state index in [9.17, 15) is 4.79 Å². The minimum atomic E-state index is -0.183. The van der Waals surface area contributed by atoms with Crippen LogP contribution in [0.15, 0.2) is 29.1 Å². The molecule has 0 radical (unpaired) electrons. The standard InChI is InChI=1S/C14H14BrN3O2/c1-18-7-12(17-8-18)14(19)16-6-10-5-11(15)4-9-2-3-20-13(9)10/h4-5,7-8H,2-3,6H2,1H3,(H,16,19). The van der Waals surface area contributed by atoms with Gasteiger partial charge in [0.05, 0.1) is 12.9 Å². The molecule has 5 nitrogen and oxygen atoms in total. The van der Waals surface area contributed by atoms with Gasteiger partial charge in [-0.3, -0.25) is 4.79 Å². The number of nitrogens with one attached hydrogen (secondary N) is 1. The summed E-state index contributed by atoms with van der Waals surface area (Å²) in [5, 5.41) is 2.87. The molecular formula is C14H14BrN3O2. The largest absolute Gasteiger partial charge is 0.493 e. The Kier molecular flexibility index (Phi) is 3.48. The average Bonchev–Trinajstić information content (AvgIpc) is 3.03. The molecule has 1 amide bonds. The number of carbonyl (C=O) groups excluding carboxylic acids is 1. The van der Waals surface area contributed by atoms with Crippen LogP contribution >= 0.6 is 15.9 Å². The maximum absolute atomic E-state index is 12.0. The summed E-state index contributed by atoms with van der Waals surface area (Å²) in [5.41, 5.74) is 2.58. The second-order valence-corrected chi connectivity index (χ2v) is 5.67. The van der Waals surface area contributed by atoms with Gasteiger partial charge in [0.25, 0.3) is 5.91 Å². The van der Waals surface area contributed by atoms with Crippen molar-refractivity contribution in [3.63, 3.8) is 0 Å². The summed E-state index contributed by atoms with van der Waals surface area (Å²) in [6.45, 7) is 1.13. The van der Waals surface area contributed by atoms with Crippen LogP contribution in [0.1, 0.15) is 21.6 Å². The Labute approximate surface area is 125 Å².